The van der Waals surface area contributed by atoms with E-state index in [0.29, 0.717) is 24.8 Å². The minimum atomic E-state index is 0. The van der Waals surface area contributed by atoms with Crippen LogP contribution in [0.5, 0.6) is 0 Å². The Bertz CT molecular complexity index is 397. The largest absolute Gasteiger partial charge is 0.339 e. The van der Waals surface area contributed by atoms with Crippen molar-refractivity contribution in [2.45, 2.75) is 32.7 Å². The lowest BCUT2D eigenvalue weighted by atomic mass is 9.85. The molecule has 2 heterocycles. The Balaban J connectivity index is 0.00000200. The number of aromatic nitrogens is 1. The van der Waals surface area contributed by atoms with E-state index in [4.69, 9.17) is 0 Å². The molecule has 1 aromatic rings. The van der Waals surface area contributed by atoms with Crippen molar-refractivity contribution in [3.05, 3.63) is 16.6 Å². The summed E-state index contributed by atoms with van der Waals surface area (Å²) in [5.41, 5.74) is 0. The third kappa shape index (κ3) is 6.51. The van der Waals surface area contributed by atoms with E-state index < -0.39 is 0 Å². The first kappa shape index (κ1) is 20.6. The number of nitrogens with one attached hydrogen (secondary N) is 1. The van der Waals surface area contributed by atoms with Gasteiger partial charge in [-0.25, -0.2) is 4.98 Å². The number of rotatable bonds is 5. The average Bonchev–Trinajstić information content (AvgIpc) is 2.92. The normalized spacial score (nSPS) is 19.0. The van der Waals surface area contributed by atoms with Crippen molar-refractivity contribution in [3.8, 4) is 0 Å². The highest BCUT2D eigenvalue weighted by atomic mass is 35.5. The molecule has 21 heavy (non-hydrogen) atoms. The molecule has 1 aromatic heterocycles. The summed E-state index contributed by atoms with van der Waals surface area (Å²) in [6, 6.07) is 0. The maximum atomic E-state index is 12.2. The van der Waals surface area contributed by atoms with Crippen LogP contribution in [0.15, 0.2) is 11.6 Å². The lowest BCUT2D eigenvalue weighted by Gasteiger charge is -2.29. The van der Waals surface area contributed by atoms with Gasteiger partial charge in [0.2, 0.25) is 5.91 Å². The smallest absolute Gasteiger partial charge is 0.222 e. The van der Waals surface area contributed by atoms with E-state index in [1.54, 1.807) is 22.4 Å². The Kier molecular flexibility index (Phi) is 10.2. The second-order valence-electron chi connectivity index (χ2n) is 5.46. The summed E-state index contributed by atoms with van der Waals surface area (Å²) in [6.45, 7) is 5.02. The number of hydrogen-bond donors (Lipinski definition) is 1. The fourth-order valence-electron chi connectivity index (χ4n) is 2.58. The highest BCUT2D eigenvalue weighted by Crippen LogP contribution is 2.23. The molecule has 1 aliphatic heterocycles. The van der Waals surface area contributed by atoms with Gasteiger partial charge in [0.1, 0.15) is 5.01 Å². The molecule has 1 aliphatic rings. The molecule has 122 valence electrons. The fourth-order valence-corrected chi connectivity index (χ4v) is 3.25. The average molecular weight is 354 g/mol. The van der Waals surface area contributed by atoms with E-state index in [-0.39, 0.29) is 30.7 Å². The molecule has 0 aromatic carbocycles. The summed E-state index contributed by atoms with van der Waals surface area (Å²) >= 11 is 1.60. The molecular weight excluding hydrogens is 329 g/mol. The van der Waals surface area contributed by atoms with Gasteiger partial charge in [-0.15, -0.1) is 36.2 Å². The van der Waals surface area contributed by atoms with Crippen molar-refractivity contribution in [2.24, 2.45) is 11.8 Å². The topological polar surface area (TPSA) is 45.2 Å². The zero-order valence-electron chi connectivity index (χ0n) is 12.6. The van der Waals surface area contributed by atoms with Crippen LogP contribution in [0.4, 0.5) is 0 Å². The van der Waals surface area contributed by atoms with Crippen molar-refractivity contribution in [3.63, 3.8) is 0 Å². The Morgan fingerprint density at radius 2 is 2.33 bits per heavy atom. The van der Waals surface area contributed by atoms with Gasteiger partial charge in [0.15, 0.2) is 0 Å². The van der Waals surface area contributed by atoms with Crippen LogP contribution >= 0.6 is 36.2 Å². The highest BCUT2D eigenvalue weighted by Gasteiger charge is 2.23. The standard InChI is InChI=1S/C14H23N3OS.2ClH/c1-11(12-4-3-5-15-9-12)8-14(18)17(2)10-13-16-6-7-19-13;;/h6-7,11-12,15H,3-5,8-10H2,1-2H3;2*1H. The predicted octanol–water partition coefficient (Wildman–Crippen LogP) is 2.97. The van der Waals surface area contributed by atoms with E-state index in [1.165, 1.54) is 12.8 Å². The molecule has 0 bridgehead atoms. The number of carbonyl (C=O) groups is 1. The number of halogens is 2. The Hall–Kier alpha value is -0.360. The van der Waals surface area contributed by atoms with Crippen molar-refractivity contribution in [2.75, 3.05) is 20.1 Å². The molecule has 2 unspecified atom stereocenters. The fraction of sp³-hybridized carbons (Fsp3) is 0.714. The summed E-state index contributed by atoms with van der Waals surface area (Å²) in [7, 11) is 1.87. The Labute approximate surface area is 143 Å². The SMILES string of the molecule is CC(CC(=O)N(C)Cc1nccs1)C1CCCNC1.Cl.Cl. The van der Waals surface area contributed by atoms with Crippen molar-refractivity contribution in [1.29, 1.82) is 0 Å². The minimum Gasteiger partial charge on any atom is -0.339 e. The third-order valence-electron chi connectivity index (χ3n) is 3.92. The second-order valence-corrected chi connectivity index (χ2v) is 6.44. The number of hydrogen-bond acceptors (Lipinski definition) is 4. The van der Waals surface area contributed by atoms with E-state index in [2.05, 4.69) is 17.2 Å². The molecule has 1 fully saturated rings. The van der Waals surface area contributed by atoms with Gasteiger partial charge in [-0.1, -0.05) is 6.92 Å². The van der Waals surface area contributed by atoms with E-state index in [1.807, 2.05) is 12.4 Å². The van der Waals surface area contributed by atoms with E-state index in [0.717, 1.165) is 18.1 Å². The first-order chi connectivity index (χ1) is 9.16. The number of nitrogens with zero attached hydrogens (tertiary/aromatic N) is 2. The van der Waals surface area contributed by atoms with Crippen LogP contribution in [-0.4, -0.2) is 35.9 Å². The molecule has 0 radical (unpaired) electrons. The van der Waals surface area contributed by atoms with Crippen LogP contribution in [-0.2, 0) is 11.3 Å². The third-order valence-corrected chi connectivity index (χ3v) is 4.68. The zero-order valence-corrected chi connectivity index (χ0v) is 15.0. The lowest BCUT2D eigenvalue weighted by Crippen LogP contribution is -2.36. The highest BCUT2D eigenvalue weighted by molar-refractivity contribution is 7.09. The van der Waals surface area contributed by atoms with Crippen molar-refractivity contribution in [1.82, 2.24) is 15.2 Å². The summed E-state index contributed by atoms with van der Waals surface area (Å²) in [5.74, 6) is 1.33. The maximum Gasteiger partial charge on any atom is 0.222 e. The molecule has 1 amide bonds. The molecule has 0 spiro atoms. The molecule has 0 aliphatic carbocycles. The molecule has 0 saturated carbocycles. The van der Waals surface area contributed by atoms with Crippen LogP contribution in [0, 0.1) is 11.8 Å². The van der Waals surface area contributed by atoms with Crippen LogP contribution in [0.3, 0.4) is 0 Å². The maximum absolute atomic E-state index is 12.2. The molecule has 4 nitrogen and oxygen atoms in total. The van der Waals surface area contributed by atoms with Gasteiger partial charge >= 0.3 is 0 Å². The van der Waals surface area contributed by atoms with Gasteiger partial charge in [0.05, 0.1) is 6.54 Å². The Morgan fingerprint density at radius 1 is 1.57 bits per heavy atom. The number of carbonyl (C=O) groups excluding carboxylic acids is 1. The number of amides is 1. The number of piperidine rings is 1. The van der Waals surface area contributed by atoms with Gasteiger partial charge in [-0.2, -0.15) is 0 Å². The zero-order chi connectivity index (χ0) is 13.7. The van der Waals surface area contributed by atoms with Crippen LogP contribution in [0.25, 0.3) is 0 Å². The van der Waals surface area contributed by atoms with Crippen LogP contribution in [0.1, 0.15) is 31.2 Å². The molecule has 7 heteroatoms. The number of thiazole rings is 1. The molecule has 2 atom stereocenters. The van der Waals surface area contributed by atoms with E-state index in [9.17, 15) is 4.79 Å². The van der Waals surface area contributed by atoms with Gasteiger partial charge in [0.25, 0.3) is 0 Å². The van der Waals surface area contributed by atoms with E-state index >= 15 is 0 Å². The first-order valence-corrected chi connectivity index (χ1v) is 7.88. The lowest BCUT2D eigenvalue weighted by molar-refractivity contribution is -0.131. The molecule has 2 rings (SSSR count). The van der Waals surface area contributed by atoms with Crippen molar-refractivity contribution < 1.29 is 4.79 Å². The summed E-state index contributed by atoms with van der Waals surface area (Å²) in [6.07, 6.45) is 4.92. The molecular formula is C14H25Cl2N3OS. The van der Waals surface area contributed by atoms with Crippen LogP contribution in [0.2, 0.25) is 0 Å². The second kappa shape index (κ2) is 10.4. The summed E-state index contributed by atoms with van der Waals surface area (Å²) in [5, 5.41) is 6.37. The monoisotopic (exact) mass is 353 g/mol. The van der Waals surface area contributed by atoms with Gasteiger partial charge < -0.3 is 10.2 Å². The van der Waals surface area contributed by atoms with Gasteiger partial charge in [-0.05, 0) is 37.8 Å². The first-order valence-electron chi connectivity index (χ1n) is 7.00. The summed E-state index contributed by atoms with van der Waals surface area (Å²) < 4.78 is 0. The van der Waals surface area contributed by atoms with Gasteiger partial charge in [0, 0.05) is 25.0 Å². The molecule has 1 saturated heterocycles. The summed E-state index contributed by atoms with van der Waals surface area (Å²) in [4.78, 5) is 18.2. The predicted molar refractivity (Wildman–Crippen MR) is 92.5 cm³/mol. The Morgan fingerprint density at radius 3 is 2.90 bits per heavy atom. The minimum absolute atomic E-state index is 0. The van der Waals surface area contributed by atoms with Crippen LogP contribution < -0.4 is 5.32 Å². The quantitative estimate of drug-likeness (QED) is 0.884. The molecule has 1 N–H and O–H groups in total. The van der Waals surface area contributed by atoms with Gasteiger partial charge in [-0.3, -0.25) is 4.79 Å². The van der Waals surface area contributed by atoms with Crippen molar-refractivity contribution >= 4 is 42.1 Å².